The molecule has 0 spiro atoms. The molecular weight excluding hydrogens is 344 g/mol. The Morgan fingerprint density at radius 3 is 2.07 bits per heavy atom. The molecule has 0 fully saturated rings. The van der Waals surface area contributed by atoms with Gasteiger partial charge in [0, 0.05) is 5.92 Å². The van der Waals surface area contributed by atoms with Crippen LogP contribution in [0.15, 0.2) is 24.3 Å². The lowest BCUT2D eigenvalue weighted by Gasteiger charge is -2.37. The standard InChI is InChI=1S/C22H26O5/c1-12-6-14-7-17-18(27-11-26-17)10-16(14)21(13(12)2)15-8-19(23-3)22(25-5)20(9-15)24-4/h7-10,12-13,21H,6,11H2,1-5H3/t12-,13-,21+/m1/s1. The third kappa shape index (κ3) is 2.85. The van der Waals surface area contributed by atoms with Crippen molar-refractivity contribution in [3.63, 3.8) is 0 Å². The van der Waals surface area contributed by atoms with E-state index in [2.05, 4.69) is 38.1 Å². The zero-order valence-electron chi connectivity index (χ0n) is 16.5. The van der Waals surface area contributed by atoms with Gasteiger partial charge in [0.1, 0.15) is 0 Å². The summed E-state index contributed by atoms with van der Waals surface area (Å²) in [6.07, 6.45) is 1.04. The summed E-state index contributed by atoms with van der Waals surface area (Å²) in [5.74, 6) is 4.87. The lowest BCUT2D eigenvalue weighted by molar-refractivity contribution is 0.174. The minimum Gasteiger partial charge on any atom is -0.493 e. The van der Waals surface area contributed by atoms with Crippen LogP contribution in [0.25, 0.3) is 0 Å². The highest BCUT2D eigenvalue weighted by Crippen LogP contribution is 2.50. The highest BCUT2D eigenvalue weighted by molar-refractivity contribution is 5.58. The second kappa shape index (κ2) is 6.87. The van der Waals surface area contributed by atoms with E-state index in [1.54, 1.807) is 21.3 Å². The van der Waals surface area contributed by atoms with Crippen molar-refractivity contribution >= 4 is 0 Å². The van der Waals surface area contributed by atoms with Gasteiger partial charge in [-0.05, 0) is 59.2 Å². The van der Waals surface area contributed by atoms with Crippen LogP contribution in [0, 0.1) is 11.8 Å². The molecule has 0 saturated carbocycles. The predicted octanol–water partition coefficient (Wildman–Crippen LogP) is 4.40. The number of fused-ring (bicyclic) bond motifs is 2. The van der Waals surface area contributed by atoms with E-state index in [9.17, 15) is 0 Å². The number of benzene rings is 2. The molecule has 144 valence electrons. The van der Waals surface area contributed by atoms with Gasteiger partial charge >= 0.3 is 0 Å². The number of ether oxygens (including phenoxy) is 5. The smallest absolute Gasteiger partial charge is 0.231 e. The molecule has 1 heterocycles. The van der Waals surface area contributed by atoms with Crippen LogP contribution in [0.3, 0.4) is 0 Å². The Kier molecular flexibility index (Phi) is 4.54. The molecule has 0 aromatic heterocycles. The second-order valence-electron chi connectivity index (χ2n) is 7.38. The van der Waals surface area contributed by atoms with Crippen molar-refractivity contribution in [2.24, 2.45) is 11.8 Å². The first-order valence-electron chi connectivity index (χ1n) is 9.29. The minimum atomic E-state index is 0.215. The molecular formula is C22H26O5. The largest absolute Gasteiger partial charge is 0.493 e. The molecule has 0 N–H and O–H groups in total. The van der Waals surface area contributed by atoms with Crippen molar-refractivity contribution in [3.8, 4) is 28.7 Å². The third-order valence-corrected chi connectivity index (χ3v) is 5.98. The summed E-state index contributed by atoms with van der Waals surface area (Å²) < 4.78 is 27.9. The summed E-state index contributed by atoms with van der Waals surface area (Å²) in [7, 11) is 4.93. The molecule has 0 saturated heterocycles. The molecule has 27 heavy (non-hydrogen) atoms. The lowest BCUT2D eigenvalue weighted by atomic mass is 9.68. The minimum absolute atomic E-state index is 0.215. The fraction of sp³-hybridized carbons (Fsp3) is 0.455. The highest BCUT2D eigenvalue weighted by atomic mass is 16.7. The number of hydrogen-bond acceptors (Lipinski definition) is 5. The van der Waals surface area contributed by atoms with E-state index >= 15 is 0 Å². The average molecular weight is 370 g/mol. The van der Waals surface area contributed by atoms with Crippen molar-refractivity contribution < 1.29 is 23.7 Å². The first-order chi connectivity index (χ1) is 13.1. The normalized spacial score (nSPS) is 22.9. The van der Waals surface area contributed by atoms with E-state index in [0.29, 0.717) is 29.1 Å². The molecule has 5 heteroatoms. The van der Waals surface area contributed by atoms with Gasteiger partial charge in [-0.2, -0.15) is 0 Å². The van der Waals surface area contributed by atoms with Crippen LogP contribution < -0.4 is 23.7 Å². The van der Waals surface area contributed by atoms with E-state index in [0.717, 1.165) is 23.5 Å². The summed E-state index contributed by atoms with van der Waals surface area (Å²) >= 11 is 0. The fourth-order valence-corrected chi connectivity index (χ4v) is 4.37. The van der Waals surface area contributed by atoms with Crippen LogP contribution in [0.1, 0.15) is 36.5 Å². The van der Waals surface area contributed by atoms with Gasteiger partial charge in [-0.1, -0.05) is 13.8 Å². The molecule has 2 aromatic carbocycles. The van der Waals surface area contributed by atoms with Gasteiger partial charge in [-0.25, -0.2) is 0 Å². The maximum Gasteiger partial charge on any atom is 0.231 e. The molecule has 0 unspecified atom stereocenters. The monoisotopic (exact) mass is 370 g/mol. The molecule has 5 nitrogen and oxygen atoms in total. The molecule has 0 radical (unpaired) electrons. The van der Waals surface area contributed by atoms with Crippen molar-refractivity contribution in [1.82, 2.24) is 0 Å². The maximum absolute atomic E-state index is 5.65. The van der Waals surface area contributed by atoms with Crippen molar-refractivity contribution in [3.05, 3.63) is 41.0 Å². The second-order valence-corrected chi connectivity index (χ2v) is 7.38. The fourth-order valence-electron chi connectivity index (χ4n) is 4.37. The molecule has 1 aliphatic carbocycles. The van der Waals surface area contributed by atoms with Gasteiger partial charge in [0.25, 0.3) is 0 Å². The Labute approximate surface area is 160 Å². The topological polar surface area (TPSA) is 46.2 Å². The van der Waals surface area contributed by atoms with E-state index in [1.165, 1.54) is 11.1 Å². The summed E-state index contributed by atoms with van der Waals surface area (Å²) in [5, 5.41) is 0. The lowest BCUT2D eigenvalue weighted by Crippen LogP contribution is -2.26. The van der Waals surface area contributed by atoms with Crippen LogP contribution in [-0.4, -0.2) is 28.1 Å². The van der Waals surface area contributed by atoms with E-state index in [1.807, 2.05) is 0 Å². The first-order valence-corrected chi connectivity index (χ1v) is 9.29. The van der Waals surface area contributed by atoms with Crippen LogP contribution in [0.4, 0.5) is 0 Å². The van der Waals surface area contributed by atoms with Crippen molar-refractivity contribution in [2.75, 3.05) is 28.1 Å². The van der Waals surface area contributed by atoms with E-state index < -0.39 is 0 Å². The SMILES string of the molecule is COc1cc([C@H]2c3cc4c(cc3C[C@@H](C)[C@H]2C)OCO4)cc(OC)c1OC. The van der Waals surface area contributed by atoms with Gasteiger partial charge in [0.05, 0.1) is 21.3 Å². The van der Waals surface area contributed by atoms with Gasteiger partial charge < -0.3 is 23.7 Å². The number of methoxy groups -OCH3 is 3. The summed E-state index contributed by atoms with van der Waals surface area (Å²) in [4.78, 5) is 0. The zero-order valence-corrected chi connectivity index (χ0v) is 16.5. The quantitative estimate of drug-likeness (QED) is 0.798. The highest BCUT2D eigenvalue weighted by Gasteiger charge is 2.35. The van der Waals surface area contributed by atoms with Crippen LogP contribution in [0.5, 0.6) is 28.7 Å². The molecule has 1 aliphatic heterocycles. The summed E-state index contributed by atoms with van der Waals surface area (Å²) in [6.45, 7) is 4.91. The Balaban J connectivity index is 1.88. The van der Waals surface area contributed by atoms with Crippen LogP contribution in [-0.2, 0) is 6.42 Å². The Morgan fingerprint density at radius 1 is 0.852 bits per heavy atom. The molecule has 3 atom stereocenters. The van der Waals surface area contributed by atoms with Crippen LogP contribution in [0.2, 0.25) is 0 Å². The van der Waals surface area contributed by atoms with Crippen LogP contribution >= 0.6 is 0 Å². The Bertz CT molecular complexity index is 835. The average Bonchev–Trinajstić information content (AvgIpc) is 3.13. The Hall–Kier alpha value is -2.56. The number of rotatable bonds is 4. The molecule has 2 aromatic rings. The number of hydrogen-bond donors (Lipinski definition) is 0. The van der Waals surface area contributed by atoms with E-state index in [4.69, 9.17) is 23.7 Å². The summed E-state index contributed by atoms with van der Waals surface area (Å²) in [5.41, 5.74) is 3.77. The van der Waals surface area contributed by atoms with Crippen molar-refractivity contribution in [1.29, 1.82) is 0 Å². The Morgan fingerprint density at radius 2 is 1.48 bits per heavy atom. The van der Waals surface area contributed by atoms with Gasteiger partial charge in [0.2, 0.25) is 12.5 Å². The van der Waals surface area contributed by atoms with Gasteiger partial charge in [0.15, 0.2) is 23.0 Å². The maximum atomic E-state index is 5.65. The first kappa shape index (κ1) is 17.8. The van der Waals surface area contributed by atoms with Gasteiger partial charge in [-0.3, -0.25) is 0 Å². The molecule has 4 rings (SSSR count). The van der Waals surface area contributed by atoms with E-state index in [-0.39, 0.29) is 12.7 Å². The zero-order chi connectivity index (χ0) is 19.1. The summed E-state index contributed by atoms with van der Waals surface area (Å²) in [6, 6.07) is 8.42. The molecule has 2 aliphatic rings. The molecule has 0 bridgehead atoms. The third-order valence-electron chi connectivity index (χ3n) is 5.98. The molecule has 0 amide bonds. The van der Waals surface area contributed by atoms with Gasteiger partial charge in [-0.15, -0.1) is 0 Å². The predicted molar refractivity (Wildman–Crippen MR) is 103 cm³/mol. The van der Waals surface area contributed by atoms with Crippen molar-refractivity contribution in [2.45, 2.75) is 26.2 Å².